The van der Waals surface area contributed by atoms with E-state index in [-0.39, 0.29) is 5.91 Å². The lowest BCUT2D eigenvalue weighted by atomic mass is 10.1. The molecule has 6 nitrogen and oxygen atoms in total. The molecule has 1 aromatic carbocycles. The number of carbonyl (C=O) groups is 2. The minimum atomic E-state index is -0.120. The van der Waals surface area contributed by atoms with E-state index in [0.29, 0.717) is 42.2 Å². The molecule has 0 aromatic heterocycles. The first-order chi connectivity index (χ1) is 9.62. The summed E-state index contributed by atoms with van der Waals surface area (Å²) in [5.41, 5.74) is 0.841. The van der Waals surface area contributed by atoms with Gasteiger partial charge < -0.3 is 19.7 Å². The van der Waals surface area contributed by atoms with E-state index in [1.54, 1.807) is 17.0 Å². The van der Waals surface area contributed by atoms with Crippen molar-refractivity contribution in [3.8, 4) is 11.5 Å². The summed E-state index contributed by atoms with van der Waals surface area (Å²) in [5.74, 6) is 0.662. The average Bonchev–Trinajstić information content (AvgIpc) is 2.47. The summed E-state index contributed by atoms with van der Waals surface area (Å²) in [6.45, 7) is 5.04. The third kappa shape index (κ3) is 3.20. The number of nitrogens with zero attached hydrogens (tertiary/aromatic N) is 1. The van der Waals surface area contributed by atoms with Crippen molar-refractivity contribution in [3.05, 3.63) is 17.7 Å². The lowest BCUT2D eigenvalue weighted by molar-refractivity contribution is -0.105. The molecule has 0 heterocycles. The van der Waals surface area contributed by atoms with Crippen LogP contribution in [0.2, 0.25) is 0 Å². The number of hydrogen-bond donors (Lipinski definition) is 1. The van der Waals surface area contributed by atoms with Crippen molar-refractivity contribution in [2.45, 2.75) is 13.8 Å². The predicted octanol–water partition coefficient (Wildman–Crippen LogP) is 1.75. The van der Waals surface area contributed by atoms with E-state index in [0.717, 1.165) is 0 Å². The van der Waals surface area contributed by atoms with Crippen molar-refractivity contribution in [2.24, 2.45) is 0 Å². The first-order valence-corrected chi connectivity index (χ1v) is 6.38. The van der Waals surface area contributed by atoms with E-state index in [2.05, 4.69) is 5.32 Å². The Bertz CT molecular complexity index is 484. The largest absolute Gasteiger partial charge is 0.493 e. The molecular formula is C14H20N2O4. The quantitative estimate of drug-likeness (QED) is 0.773. The first-order valence-electron chi connectivity index (χ1n) is 6.38. The van der Waals surface area contributed by atoms with Gasteiger partial charge in [-0.05, 0) is 26.0 Å². The molecule has 0 saturated carbocycles. The molecule has 0 radical (unpaired) electrons. The number of amides is 2. The summed E-state index contributed by atoms with van der Waals surface area (Å²) < 4.78 is 10.4. The van der Waals surface area contributed by atoms with Crippen LogP contribution in [-0.2, 0) is 4.79 Å². The molecule has 0 aliphatic heterocycles. The van der Waals surface area contributed by atoms with Gasteiger partial charge in [-0.1, -0.05) is 0 Å². The molecule has 0 fully saturated rings. The van der Waals surface area contributed by atoms with Gasteiger partial charge in [-0.15, -0.1) is 0 Å². The van der Waals surface area contributed by atoms with Crippen LogP contribution < -0.4 is 14.8 Å². The number of rotatable bonds is 7. The molecule has 1 N–H and O–H groups in total. The number of benzene rings is 1. The minimum Gasteiger partial charge on any atom is -0.493 e. The fourth-order valence-electron chi connectivity index (χ4n) is 1.95. The molecule has 1 aromatic rings. The van der Waals surface area contributed by atoms with Crippen molar-refractivity contribution in [3.63, 3.8) is 0 Å². The van der Waals surface area contributed by atoms with E-state index >= 15 is 0 Å². The maximum Gasteiger partial charge on any atom is 0.254 e. The smallest absolute Gasteiger partial charge is 0.254 e. The molecule has 0 unspecified atom stereocenters. The highest BCUT2D eigenvalue weighted by Gasteiger charge is 2.18. The SMILES string of the molecule is CCN(CC)C(=O)c1cc(NC=O)c(OC)c(OC)c1. The summed E-state index contributed by atoms with van der Waals surface area (Å²) in [4.78, 5) is 24.7. The molecule has 0 spiro atoms. The van der Waals surface area contributed by atoms with E-state index in [1.165, 1.54) is 14.2 Å². The maximum absolute atomic E-state index is 12.3. The topological polar surface area (TPSA) is 67.9 Å². The second-order valence-electron chi connectivity index (χ2n) is 4.00. The van der Waals surface area contributed by atoms with Crippen LogP contribution in [0.1, 0.15) is 24.2 Å². The summed E-state index contributed by atoms with van der Waals surface area (Å²) >= 11 is 0. The van der Waals surface area contributed by atoms with Crippen LogP contribution in [-0.4, -0.2) is 44.5 Å². The van der Waals surface area contributed by atoms with Crippen LogP contribution in [0.4, 0.5) is 5.69 Å². The van der Waals surface area contributed by atoms with Crippen molar-refractivity contribution >= 4 is 18.0 Å². The van der Waals surface area contributed by atoms with Crippen LogP contribution in [0.5, 0.6) is 11.5 Å². The van der Waals surface area contributed by atoms with Gasteiger partial charge in [0.05, 0.1) is 19.9 Å². The van der Waals surface area contributed by atoms with Crippen LogP contribution in [0.25, 0.3) is 0 Å². The fourth-order valence-corrected chi connectivity index (χ4v) is 1.95. The average molecular weight is 280 g/mol. The highest BCUT2D eigenvalue weighted by Crippen LogP contribution is 2.36. The van der Waals surface area contributed by atoms with E-state index in [9.17, 15) is 9.59 Å². The van der Waals surface area contributed by atoms with Gasteiger partial charge >= 0.3 is 0 Å². The number of hydrogen-bond acceptors (Lipinski definition) is 4. The van der Waals surface area contributed by atoms with Gasteiger partial charge in [-0.25, -0.2) is 0 Å². The van der Waals surface area contributed by atoms with Gasteiger partial charge in [-0.3, -0.25) is 9.59 Å². The van der Waals surface area contributed by atoms with Gasteiger partial charge in [0.2, 0.25) is 6.41 Å². The molecule has 110 valence electrons. The lowest BCUT2D eigenvalue weighted by Crippen LogP contribution is -2.30. The second-order valence-corrected chi connectivity index (χ2v) is 4.00. The Balaban J connectivity index is 3.30. The van der Waals surface area contributed by atoms with Gasteiger partial charge in [0.15, 0.2) is 11.5 Å². The van der Waals surface area contributed by atoms with Gasteiger partial charge in [0.25, 0.3) is 5.91 Å². The molecule has 2 amide bonds. The molecule has 20 heavy (non-hydrogen) atoms. The number of nitrogens with one attached hydrogen (secondary N) is 1. The van der Waals surface area contributed by atoms with Gasteiger partial charge in [0.1, 0.15) is 0 Å². The standard InChI is InChI=1S/C14H20N2O4/c1-5-16(6-2)14(18)10-7-11(15-9-17)13(20-4)12(8-10)19-3/h7-9H,5-6H2,1-4H3,(H,15,17). The molecule has 0 bridgehead atoms. The number of anilines is 1. The van der Waals surface area contributed by atoms with Crippen molar-refractivity contribution in [2.75, 3.05) is 32.6 Å². The molecular weight excluding hydrogens is 260 g/mol. The van der Waals surface area contributed by atoms with Crippen LogP contribution in [0.15, 0.2) is 12.1 Å². The predicted molar refractivity (Wildman–Crippen MR) is 76.5 cm³/mol. The number of methoxy groups -OCH3 is 2. The number of ether oxygens (including phenoxy) is 2. The molecule has 0 aliphatic rings. The lowest BCUT2D eigenvalue weighted by Gasteiger charge is -2.20. The van der Waals surface area contributed by atoms with Crippen molar-refractivity contribution in [1.29, 1.82) is 0 Å². The Hall–Kier alpha value is -2.24. The van der Waals surface area contributed by atoms with Gasteiger partial charge in [-0.2, -0.15) is 0 Å². The van der Waals surface area contributed by atoms with Gasteiger partial charge in [0, 0.05) is 18.7 Å². The minimum absolute atomic E-state index is 0.120. The Morgan fingerprint density at radius 1 is 1.25 bits per heavy atom. The Morgan fingerprint density at radius 3 is 2.35 bits per heavy atom. The molecule has 6 heteroatoms. The third-order valence-corrected chi connectivity index (χ3v) is 2.99. The summed E-state index contributed by atoms with van der Waals surface area (Å²) in [6, 6.07) is 3.19. The molecule has 0 aliphatic carbocycles. The highest BCUT2D eigenvalue weighted by atomic mass is 16.5. The van der Waals surface area contributed by atoms with Crippen LogP contribution in [0, 0.1) is 0 Å². The third-order valence-electron chi connectivity index (χ3n) is 2.99. The molecule has 0 atom stereocenters. The van der Waals surface area contributed by atoms with Crippen molar-refractivity contribution < 1.29 is 19.1 Å². The van der Waals surface area contributed by atoms with E-state index < -0.39 is 0 Å². The second kappa shape index (κ2) is 7.37. The zero-order chi connectivity index (χ0) is 15.1. The highest BCUT2D eigenvalue weighted by molar-refractivity contribution is 5.97. The zero-order valence-electron chi connectivity index (χ0n) is 12.2. The Labute approximate surface area is 118 Å². The first kappa shape index (κ1) is 15.8. The molecule has 0 saturated heterocycles. The Morgan fingerprint density at radius 2 is 1.90 bits per heavy atom. The van der Waals surface area contributed by atoms with E-state index in [4.69, 9.17) is 9.47 Å². The zero-order valence-corrected chi connectivity index (χ0v) is 12.2. The van der Waals surface area contributed by atoms with E-state index in [1.807, 2.05) is 13.8 Å². The van der Waals surface area contributed by atoms with Crippen molar-refractivity contribution in [1.82, 2.24) is 4.90 Å². The maximum atomic E-state index is 12.3. The normalized spacial score (nSPS) is 9.80. The monoisotopic (exact) mass is 280 g/mol. The number of carbonyl (C=O) groups excluding carboxylic acids is 2. The summed E-state index contributed by atoms with van der Waals surface area (Å²) in [6.07, 6.45) is 0.531. The Kier molecular flexibility index (Phi) is 5.83. The van der Waals surface area contributed by atoms with Crippen LogP contribution >= 0.6 is 0 Å². The summed E-state index contributed by atoms with van der Waals surface area (Å²) in [5, 5.41) is 2.52. The molecule has 1 rings (SSSR count). The van der Waals surface area contributed by atoms with Crippen LogP contribution in [0.3, 0.4) is 0 Å². The fraction of sp³-hybridized carbons (Fsp3) is 0.429. The summed E-state index contributed by atoms with van der Waals surface area (Å²) in [7, 11) is 2.95.